The zero-order chi connectivity index (χ0) is 13.5. The molecule has 0 radical (unpaired) electrons. The summed E-state index contributed by atoms with van der Waals surface area (Å²) in [6, 6.07) is 5.04. The number of ether oxygens (including phenoxy) is 3. The lowest BCUT2D eigenvalue weighted by Crippen LogP contribution is -2.02. The Morgan fingerprint density at radius 3 is 2.28 bits per heavy atom. The molecule has 1 aromatic rings. The van der Waals surface area contributed by atoms with Gasteiger partial charge in [0.05, 0.1) is 26.9 Å². The van der Waals surface area contributed by atoms with Crippen LogP contribution in [0.3, 0.4) is 0 Å². The highest BCUT2D eigenvalue weighted by Gasteiger charge is 2.15. The van der Waals surface area contributed by atoms with Crippen molar-refractivity contribution in [3.63, 3.8) is 0 Å². The molecule has 0 saturated heterocycles. The summed E-state index contributed by atoms with van der Waals surface area (Å²) in [4.78, 5) is 11.3. The van der Waals surface area contributed by atoms with Crippen LogP contribution >= 0.6 is 0 Å². The summed E-state index contributed by atoms with van der Waals surface area (Å²) in [5.41, 5.74) is 0.315. The van der Waals surface area contributed by atoms with E-state index in [9.17, 15) is 9.90 Å². The van der Waals surface area contributed by atoms with Crippen molar-refractivity contribution in [1.29, 1.82) is 0 Å². The van der Waals surface area contributed by atoms with Crippen LogP contribution in [0.25, 0.3) is 5.76 Å². The van der Waals surface area contributed by atoms with E-state index in [4.69, 9.17) is 14.2 Å². The number of methoxy groups -OCH3 is 2. The van der Waals surface area contributed by atoms with Gasteiger partial charge in [0.1, 0.15) is 22.8 Å². The van der Waals surface area contributed by atoms with E-state index < -0.39 is 5.97 Å². The molecule has 0 heterocycles. The Balaban J connectivity index is 3.18. The van der Waals surface area contributed by atoms with Gasteiger partial charge in [0, 0.05) is 0 Å². The third-order valence-corrected chi connectivity index (χ3v) is 2.23. The fraction of sp³-hybridized carbons (Fsp3) is 0.308. The van der Waals surface area contributed by atoms with Crippen molar-refractivity contribution in [3.05, 3.63) is 29.8 Å². The number of rotatable bonds is 5. The van der Waals surface area contributed by atoms with Crippen molar-refractivity contribution in [2.75, 3.05) is 20.8 Å². The Morgan fingerprint density at radius 2 is 1.83 bits per heavy atom. The molecule has 1 N–H and O–H groups in total. The molecule has 0 atom stereocenters. The molecule has 18 heavy (non-hydrogen) atoms. The number of aliphatic hydroxyl groups is 1. The van der Waals surface area contributed by atoms with Crippen molar-refractivity contribution >= 4 is 11.7 Å². The Hall–Kier alpha value is -2.17. The van der Waals surface area contributed by atoms with Crippen LogP contribution in [0.2, 0.25) is 0 Å². The van der Waals surface area contributed by atoms with Gasteiger partial charge in [0.25, 0.3) is 0 Å². The number of esters is 1. The molecule has 5 heteroatoms. The lowest BCUT2D eigenvalue weighted by atomic mass is 10.1. The molecule has 98 valence electrons. The molecular weight excluding hydrogens is 236 g/mol. The maximum Gasteiger partial charge on any atom is 0.334 e. The van der Waals surface area contributed by atoms with E-state index in [2.05, 4.69) is 0 Å². The molecule has 0 fully saturated rings. The second-order valence-electron chi connectivity index (χ2n) is 3.32. The van der Waals surface area contributed by atoms with Crippen molar-refractivity contribution in [2.24, 2.45) is 0 Å². The highest BCUT2D eigenvalue weighted by atomic mass is 16.5. The van der Waals surface area contributed by atoms with E-state index in [1.807, 2.05) is 0 Å². The topological polar surface area (TPSA) is 65.0 Å². The number of hydrogen-bond donors (Lipinski definition) is 1. The predicted molar refractivity (Wildman–Crippen MR) is 66.8 cm³/mol. The van der Waals surface area contributed by atoms with Crippen LogP contribution in [0.5, 0.6) is 11.5 Å². The van der Waals surface area contributed by atoms with Gasteiger partial charge >= 0.3 is 5.97 Å². The summed E-state index contributed by atoms with van der Waals surface area (Å²) in [5, 5.41) is 9.94. The first-order valence-corrected chi connectivity index (χ1v) is 5.42. The van der Waals surface area contributed by atoms with E-state index in [1.54, 1.807) is 25.1 Å². The standard InChI is InChI=1S/C13H16O5/c1-4-18-12(15)8-9(14)13-10(16-2)6-5-7-11(13)17-3/h5-8,14H,4H2,1-3H3. The van der Waals surface area contributed by atoms with Gasteiger partial charge in [-0.25, -0.2) is 4.79 Å². The lowest BCUT2D eigenvalue weighted by molar-refractivity contribution is -0.137. The maximum absolute atomic E-state index is 11.3. The lowest BCUT2D eigenvalue weighted by Gasteiger charge is -2.12. The molecule has 0 aliphatic carbocycles. The van der Waals surface area contributed by atoms with Gasteiger partial charge in [0.2, 0.25) is 0 Å². The summed E-state index contributed by atoms with van der Waals surface area (Å²) < 4.78 is 15.0. The van der Waals surface area contributed by atoms with Crippen LogP contribution in [0, 0.1) is 0 Å². The number of carbonyl (C=O) groups excluding carboxylic acids is 1. The summed E-state index contributed by atoms with van der Waals surface area (Å²) in [6.07, 6.45) is 0.990. The second kappa shape index (κ2) is 6.54. The van der Waals surface area contributed by atoms with Gasteiger partial charge in [0.15, 0.2) is 0 Å². The minimum absolute atomic E-state index is 0.242. The van der Waals surface area contributed by atoms with E-state index in [1.165, 1.54) is 14.2 Å². The molecule has 0 aromatic heterocycles. The van der Waals surface area contributed by atoms with Crippen LogP contribution in [0.1, 0.15) is 12.5 Å². The number of hydrogen-bond acceptors (Lipinski definition) is 5. The van der Waals surface area contributed by atoms with Gasteiger partial charge in [-0.05, 0) is 19.1 Å². The van der Waals surface area contributed by atoms with Crippen LogP contribution in [-0.2, 0) is 9.53 Å². The SMILES string of the molecule is CCOC(=O)C=C(O)c1c(OC)cccc1OC. The first-order chi connectivity index (χ1) is 8.63. The van der Waals surface area contributed by atoms with E-state index in [0.717, 1.165) is 6.08 Å². The Kier molecular flexibility index (Phi) is 5.05. The van der Waals surface area contributed by atoms with E-state index in [-0.39, 0.29) is 12.4 Å². The molecule has 0 saturated carbocycles. The molecule has 0 unspecified atom stereocenters. The van der Waals surface area contributed by atoms with Crippen LogP contribution in [-0.4, -0.2) is 31.9 Å². The molecular formula is C13H16O5. The molecule has 0 amide bonds. The Bertz CT molecular complexity index is 428. The minimum atomic E-state index is -0.622. The normalized spacial score (nSPS) is 10.9. The summed E-state index contributed by atoms with van der Waals surface area (Å²) in [7, 11) is 2.94. The number of benzene rings is 1. The molecule has 1 rings (SSSR count). The smallest absolute Gasteiger partial charge is 0.334 e. The van der Waals surface area contributed by atoms with Crippen molar-refractivity contribution in [2.45, 2.75) is 6.92 Å². The van der Waals surface area contributed by atoms with Gasteiger partial charge in [-0.1, -0.05) is 6.07 Å². The molecule has 0 bridgehead atoms. The van der Waals surface area contributed by atoms with Crippen molar-refractivity contribution in [3.8, 4) is 11.5 Å². The zero-order valence-corrected chi connectivity index (χ0v) is 10.6. The summed E-state index contributed by atoms with van der Waals surface area (Å²) >= 11 is 0. The highest BCUT2D eigenvalue weighted by Crippen LogP contribution is 2.33. The first kappa shape index (κ1) is 13.9. The van der Waals surface area contributed by atoms with E-state index >= 15 is 0 Å². The first-order valence-electron chi connectivity index (χ1n) is 5.42. The monoisotopic (exact) mass is 252 g/mol. The fourth-order valence-corrected chi connectivity index (χ4v) is 1.47. The van der Waals surface area contributed by atoms with Crippen LogP contribution in [0.4, 0.5) is 0 Å². The Morgan fingerprint density at radius 1 is 1.28 bits per heavy atom. The zero-order valence-electron chi connectivity index (χ0n) is 10.6. The average Bonchev–Trinajstić information content (AvgIpc) is 2.37. The third-order valence-electron chi connectivity index (χ3n) is 2.23. The predicted octanol–water partition coefficient (Wildman–Crippen LogP) is 2.17. The van der Waals surface area contributed by atoms with Crippen molar-refractivity contribution in [1.82, 2.24) is 0 Å². The second-order valence-corrected chi connectivity index (χ2v) is 3.32. The van der Waals surface area contributed by atoms with Crippen LogP contribution in [0.15, 0.2) is 24.3 Å². The Labute approximate surface area is 106 Å². The minimum Gasteiger partial charge on any atom is -0.507 e. The maximum atomic E-state index is 11.3. The van der Waals surface area contributed by atoms with Crippen molar-refractivity contribution < 1.29 is 24.1 Å². The fourth-order valence-electron chi connectivity index (χ4n) is 1.47. The largest absolute Gasteiger partial charge is 0.507 e. The summed E-state index contributed by atoms with van der Waals surface area (Å²) in [5.74, 6) is -0.0643. The molecule has 5 nitrogen and oxygen atoms in total. The molecule has 0 aliphatic rings. The van der Waals surface area contributed by atoms with Gasteiger partial charge in [-0.2, -0.15) is 0 Å². The molecule has 0 aliphatic heterocycles. The quantitative estimate of drug-likeness (QED) is 0.494. The van der Waals surface area contributed by atoms with Gasteiger partial charge in [-0.3, -0.25) is 0 Å². The average molecular weight is 252 g/mol. The number of carbonyl (C=O) groups is 1. The highest BCUT2D eigenvalue weighted by molar-refractivity contribution is 5.91. The summed E-state index contributed by atoms with van der Waals surface area (Å²) in [6.45, 7) is 1.93. The van der Waals surface area contributed by atoms with Gasteiger partial charge in [-0.15, -0.1) is 0 Å². The van der Waals surface area contributed by atoms with Gasteiger partial charge < -0.3 is 19.3 Å². The number of aliphatic hydroxyl groups excluding tert-OH is 1. The van der Waals surface area contributed by atoms with E-state index in [0.29, 0.717) is 17.1 Å². The molecule has 0 spiro atoms. The molecule has 1 aromatic carbocycles. The van der Waals surface area contributed by atoms with Crippen LogP contribution < -0.4 is 9.47 Å². The third kappa shape index (κ3) is 3.16.